The first-order valence-electron chi connectivity index (χ1n) is 3.40. The maximum Gasteiger partial charge on any atom is 0.188 e. The van der Waals surface area contributed by atoms with Crippen LogP contribution < -0.4 is 0 Å². The molecule has 0 amide bonds. The van der Waals surface area contributed by atoms with Crippen molar-refractivity contribution in [2.45, 2.75) is 25.0 Å². The molecule has 1 aromatic heterocycles. The van der Waals surface area contributed by atoms with E-state index in [4.69, 9.17) is 11.6 Å². The van der Waals surface area contributed by atoms with E-state index < -0.39 is 0 Å². The average Bonchev–Trinajstić information content (AvgIpc) is 2.29. The van der Waals surface area contributed by atoms with Gasteiger partial charge in [0.15, 0.2) is 5.16 Å². The fourth-order valence-electron chi connectivity index (χ4n) is 0.849. The summed E-state index contributed by atoms with van der Waals surface area (Å²) in [5, 5.41) is 8.33. The van der Waals surface area contributed by atoms with E-state index in [0.29, 0.717) is 11.0 Å². The Morgan fingerprint density at radius 2 is 2.27 bits per heavy atom. The molecule has 1 heterocycles. The maximum atomic E-state index is 5.54. The Morgan fingerprint density at radius 3 is 2.73 bits per heavy atom. The lowest BCUT2D eigenvalue weighted by Gasteiger charge is -2.02. The second-order valence-corrected chi connectivity index (χ2v) is 3.02. The van der Waals surface area contributed by atoms with Gasteiger partial charge in [-0.1, -0.05) is 0 Å². The highest BCUT2D eigenvalue weighted by molar-refractivity contribution is 7.80. The van der Waals surface area contributed by atoms with Crippen molar-refractivity contribution >= 4 is 24.2 Å². The Bertz CT molecular complexity index is 216. The minimum absolute atomic E-state index is 0.658. The van der Waals surface area contributed by atoms with Crippen molar-refractivity contribution in [1.82, 2.24) is 14.8 Å². The predicted molar refractivity (Wildman–Crippen MR) is 47.3 cm³/mol. The Balaban J connectivity index is 2.67. The zero-order valence-electron chi connectivity index (χ0n) is 6.29. The van der Waals surface area contributed by atoms with E-state index in [0.717, 1.165) is 18.8 Å². The molecule has 0 unspecified atom stereocenters. The molecule has 0 aliphatic heterocycles. The number of halogens is 1. The van der Waals surface area contributed by atoms with Crippen molar-refractivity contribution in [3.8, 4) is 0 Å². The van der Waals surface area contributed by atoms with E-state index in [1.165, 1.54) is 0 Å². The molecule has 0 bridgehead atoms. The van der Waals surface area contributed by atoms with E-state index >= 15 is 0 Å². The van der Waals surface area contributed by atoms with Crippen molar-refractivity contribution in [3.63, 3.8) is 0 Å². The normalized spacial score (nSPS) is 10.5. The molecule has 0 saturated carbocycles. The van der Waals surface area contributed by atoms with Crippen molar-refractivity contribution in [3.05, 3.63) is 5.82 Å². The van der Waals surface area contributed by atoms with Crippen LogP contribution in [-0.2, 0) is 6.54 Å². The van der Waals surface area contributed by atoms with E-state index in [1.54, 1.807) is 0 Å². The summed E-state index contributed by atoms with van der Waals surface area (Å²) in [6, 6.07) is 0. The summed E-state index contributed by atoms with van der Waals surface area (Å²) >= 11 is 9.68. The molecule has 0 fully saturated rings. The summed E-state index contributed by atoms with van der Waals surface area (Å²) in [7, 11) is 0. The first-order valence-corrected chi connectivity index (χ1v) is 4.38. The van der Waals surface area contributed by atoms with Gasteiger partial charge in [-0.25, -0.2) is 0 Å². The van der Waals surface area contributed by atoms with Crippen LogP contribution in [0.4, 0.5) is 0 Å². The smallest absolute Gasteiger partial charge is 0.188 e. The van der Waals surface area contributed by atoms with Crippen LogP contribution in [0.25, 0.3) is 0 Å². The number of hydrogen-bond donors (Lipinski definition) is 1. The van der Waals surface area contributed by atoms with Crippen LogP contribution in [0, 0.1) is 6.92 Å². The molecular weight excluding hydrogens is 182 g/mol. The van der Waals surface area contributed by atoms with Crippen LogP contribution in [0.1, 0.15) is 12.2 Å². The molecule has 0 radical (unpaired) electrons. The number of nitrogens with zero attached hydrogens (tertiary/aromatic N) is 3. The molecule has 0 aliphatic rings. The predicted octanol–water partition coefficient (Wildman–Crippen LogP) is 1.50. The zero-order chi connectivity index (χ0) is 8.27. The fourth-order valence-corrected chi connectivity index (χ4v) is 1.26. The molecule has 0 aliphatic carbocycles. The number of aromatic nitrogens is 3. The third-order valence-electron chi connectivity index (χ3n) is 1.43. The standard InChI is InChI=1S/C6H10ClN3S/c1-5-8-9-6(11)10(5)4-2-3-7/h2-4H2,1H3,(H,9,11). The first kappa shape index (κ1) is 8.87. The largest absolute Gasteiger partial charge is 0.306 e. The quantitative estimate of drug-likeness (QED) is 0.580. The van der Waals surface area contributed by atoms with Crippen molar-refractivity contribution < 1.29 is 0 Å². The maximum absolute atomic E-state index is 5.54. The molecule has 1 rings (SSSR count). The van der Waals surface area contributed by atoms with Crippen LogP contribution in [0.15, 0.2) is 5.16 Å². The van der Waals surface area contributed by atoms with Gasteiger partial charge in [-0.05, 0) is 13.3 Å². The van der Waals surface area contributed by atoms with Gasteiger partial charge in [0, 0.05) is 12.4 Å². The lowest BCUT2D eigenvalue weighted by atomic mass is 10.5. The number of thiol groups is 1. The summed E-state index contributed by atoms with van der Waals surface area (Å²) in [4.78, 5) is 0. The molecule has 5 heteroatoms. The van der Waals surface area contributed by atoms with Crippen LogP contribution in [0.2, 0.25) is 0 Å². The first-order chi connectivity index (χ1) is 5.25. The van der Waals surface area contributed by atoms with Gasteiger partial charge in [-0.3, -0.25) is 0 Å². The molecule has 1 aromatic rings. The summed E-state index contributed by atoms with van der Waals surface area (Å²) in [6.07, 6.45) is 0.925. The molecular formula is C6H10ClN3S. The van der Waals surface area contributed by atoms with Crippen LogP contribution in [0.3, 0.4) is 0 Å². The second kappa shape index (κ2) is 3.97. The van der Waals surface area contributed by atoms with Gasteiger partial charge >= 0.3 is 0 Å². The van der Waals surface area contributed by atoms with Gasteiger partial charge in [0.1, 0.15) is 5.82 Å². The van der Waals surface area contributed by atoms with Gasteiger partial charge in [0.05, 0.1) is 0 Å². The number of rotatable bonds is 3. The minimum atomic E-state index is 0.658. The van der Waals surface area contributed by atoms with E-state index in [-0.39, 0.29) is 0 Å². The van der Waals surface area contributed by atoms with Gasteiger partial charge in [-0.2, -0.15) is 0 Å². The third kappa shape index (κ3) is 2.10. The summed E-state index contributed by atoms with van der Waals surface area (Å²) in [6.45, 7) is 2.75. The Kier molecular flexibility index (Phi) is 3.20. The minimum Gasteiger partial charge on any atom is -0.306 e. The molecule has 0 aromatic carbocycles. The monoisotopic (exact) mass is 191 g/mol. The molecule has 0 N–H and O–H groups in total. The average molecular weight is 192 g/mol. The molecule has 0 atom stereocenters. The van der Waals surface area contributed by atoms with Crippen molar-refractivity contribution in [2.24, 2.45) is 0 Å². The molecule has 62 valence electrons. The Labute approximate surface area is 76.2 Å². The lowest BCUT2D eigenvalue weighted by molar-refractivity contribution is 0.609. The van der Waals surface area contributed by atoms with Gasteiger partial charge in [-0.15, -0.1) is 34.4 Å². The van der Waals surface area contributed by atoms with E-state index in [2.05, 4.69) is 22.8 Å². The highest BCUT2D eigenvalue weighted by Gasteiger charge is 2.02. The van der Waals surface area contributed by atoms with Crippen LogP contribution in [-0.4, -0.2) is 20.6 Å². The number of hydrogen-bond acceptors (Lipinski definition) is 3. The number of aryl methyl sites for hydroxylation is 1. The van der Waals surface area contributed by atoms with E-state index in [9.17, 15) is 0 Å². The highest BCUT2D eigenvalue weighted by atomic mass is 35.5. The molecule has 11 heavy (non-hydrogen) atoms. The second-order valence-electron chi connectivity index (χ2n) is 2.24. The third-order valence-corrected chi connectivity index (χ3v) is 2.03. The summed E-state index contributed by atoms with van der Waals surface area (Å²) in [5.74, 6) is 1.55. The SMILES string of the molecule is Cc1nnc(S)n1CCCCl. The topological polar surface area (TPSA) is 30.7 Å². The van der Waals surface area contributed by atoms with Crippen LogP contribution in [0.5, 0.6) is 0 Å². The van der Waals surface area contributed by atoms with Gasteiger partial charge in [0.25, 0.3) is 0 Å². The Hall–Kier alpha value is -0.220. The lowest BCUT2D eigenvalue weighted by Crippen LogP contribution is -2.01. The molecule has 0 spiro atoms. The fraction of sp³-hybridized carbons (Fsp3) is 0.667. The summed E-state index contributed by atoms with van der Waals surface area (Å²) in [5.41, 5.74) is 0. The highest BCUT2D eigenvalue weighted by Crippen LogP contribution is 2.06. The van der Waals surface area contributed by atoms with Gasteiger partial charge < -0.3 is 4.57 Å². The molecule has 0 saturated heterocycles. The number of alkyl halides is 1. The zero-order valence-corrected chi connectivity index (χ0v) is 7.94. The summed E-state index contributed by atoms with van der Waals surface area (Å²) < 4.78 is 1.94. The van der Waals surface area contributed by atoms with Crippen molar-refractivity contribution in [1.29, 1.82) is 0 Å². The van der Waals surface area contributed by atoms with Gasteiger partial charge in [0.2, 0.25) is 0 Å². The molecule has 3 nitrogen and oxygen atoms in total. The Morgan fingerprint density at radius 1 is 1.55 bits per heavy atom. The van der Waals surface area contributed by atoms with Crippen LogP contribution >= 0.6 is 24.2 Å². The van der Waals surface area contributed by atoms with E-state index in [1.807, 2.05) is 11.5 Å². The van der Waals surface area contributed by atoms with Crippen molar-refractivity contribution in [2.75, 3.05) is 5.88 Å².